The van der Waals surface area contributed by atoms with Crippen LogP contribution < -0.4 is 9.47 Å². The number of thioether (sulfide) groups is 2. The van der Waals surface area contributed by atoms with E-state index in [1.54, 1.807) is 36.9 Å². The van der Waals surface area contributed by atoms with Crippen molar-refractivity contribution in [1.82, 2.24) is 0 Å². The second kappa shape index (κ2) is 8.93. The van der Waals surface area contributed by atoms with Gasteiger partial charge in [-0.1, -0.05) is 12.1 Å². The fourth-order valence-electron chi connectivity index (χ4n) is 2.63. The van der Waals surface area contributed by atoms with E-state index in [-0.39, 0.29) is 0 Å². The van der Waals surface area contributed by atoms with E-state index in [1.165, 1.54) is 4.24 Å². The minimum absolute atomic E-state index is 0.439. The minimum atomic E-state index is 0.439. The van der Waals surface area contributed by atoms with Crippen molar-refractivity contribution in [2.75, 3.05) is 19.6 Å². The number of fused-ring (bicyclic) bond motifs is 1. The Morgan fingerprint density at radius 2 is 2.00 bits per heavy atom. The molecule has 0 radical (unpaired) electrons. The molecule has 26 heavy (non-hydrogen) atoms. The molecule has 0 aliphatic heterocycles. The van der Waals surface area contributed by atoms with Crippen molar-refractivity contribution >= 4 is 56.5 Å². The fraction of sp³-hybridized carbons (Fsp3) is 0.200. The van der Waals surface area contributed by atoms with Crippen molar-refractivity contribution in [3.05, 3.63) is 62.5 Å². The number of rotatable bonds is 7. The summed E-state index contributed by atoms with van der Waals surface area (Å²) in [6.45, 7) is 0.439. The van der Waals surface area contributed by atoms with Gasteiger partial charge in [-0.15, -0.1) is 23.5 Å². The summed E-state index contributed by atoms with van der Waals surface area (Å²) >= 11 is 6.99. The third-order valence-electron chi connectivity index (χ3n) is 3.85. The summed E-state index contributed by atoms with van der Waals surface area (Å²) in [5.74, 6) is 1.47. The Bertz CT molecular complexity index is 928. The molecule has 0 N–H and O–H groups in total. The van der Waals surface area contributed by atoms with Crippen LogP contribution in [-0.4, -0.2) is 19.6 Å². The molecule has 3 nitrogen and oxygen atoms in total. The molecular formula is C20H19BrO3S2. The van der Waals surface area contributed by atoms with Crippen molar-refractivity contribution in [2.45, 2.75) is 6.61 Å². The van der Waals surface area contributed by atoms with Crippen molar-refractivity contribution in [1.29, 1.82) is 0 Å². The molecule has 0 fully saturated rings. The molecule has 0 aliphatic rings. The highest BCUT2D eigenvalue weighted by molar-refractivity contribution is 9.10. The predicted octanol–water partition coefficient (Wildman–Crippen LogP) is 6.81. The van der Waals surface area contributed by atoms with Crippen molar-refractivity contribution < 1.29 is 13.9 Å². The Balaban J connectivity index is 1.91. The van der Waals surface area contributed by atoms with Crippen LogP contribution in [0.1, 0.15) is 11.1 Å². The molecule has 0 amide bonds. The zero-order chi connectivity index (χ0) is 18.5. The highest BCUT2D eigenvalue weighted by Gasteiger charge is 2.12. The van der Waals surface area contributed by atoms with E-state index >= 15 is 0 Å². The molecule has 1 aromatic heterocycles. The maximum Gasteiger partial charge on any atom is 0.168 e. The van der Waals surface area contributed by atoms with Gasteiger partial charge >= 0.3 is 0 Å². The molecule has 0 saturated heterocycles. The smallest absolute Gasteiger partial charge is 0.168 e. The second-order valence-corrected chi connectivity index (χ2v) is 8.26. The van der Waals surface area contributed by atoms with E-state index in [0.717, 1.165) is 38.1 Å². The normalized spacial score (nSPS) is 10.8. The van der Waals surface area contributed by atoms with Crippen LogP contribution in [0, 0.1) is 0 Å². The van der Waals surface area contributed by atoms with Crippen LogP contribution in [0.3, 0.4) is 0 Å². The van der Waals surface area contributed by atoms with E-state index in [4.69, 9.17) is 13.9 Å². The molecule has 136 valence electrons. The number of hydrogen-bond acceptors (Lipinski definition) is 5. The van der Waals surface area contributed by atoms with Gasteiger partial charge in [0, 0.05) is 15.2 Å². The molecular weight excluding hydrogens is 432 g/mol. The fourth-order valence-corrected chi connectivity index (χ4v) is 4.40. The Labute approximate surface area is 170 Å². The molecule has 1 heterocycles. The van der Waals surface area contributed by atoms with E-state index in [1.807, 2.05) is 30.3 Å². The number of para-hydroxylation sites is 1. The van der Waals surface area contributed by atoms with Gasteiger partial charge in [-0.05, 0) is 64.3 Å². The van der Waals surface area contributed by atoms with Crippen molar-refractivity contribution in [2.24, 2.45) is 0 Å². The number of ether oxygens (including phenoxy) is 2. The summed E-state index contributed by atoms with van der Waals surface area (Å²) in [6.07, 6.45) is 7.96. The number of halogens is 1. The molecule has 0 aliphatic carbocycles. The third-order valence-corrected chi connectivity index (χ3v) is 6.48. The monoisotopic (exact) mass is 450 g/mol. The van der Waals surface area contributed by atoms with Crippen LogP contribution >= 0.6 is 39.5 Å². The lowest BCUT2D eigenvalue weighted by Crippen LogP contribution is -2.00. The highest BCUT2D eigenvalue weighted by Crippen LogP contribution is 2.36. The molecule has 3 aromatic rings. The van der Waals surface area contributed by atoms with Gasteiger partial charge in [0.2, 0.25) is 0 Å². The molecule has 0 unspecified atom stereocenters. The van der Waals surface area contributed by atoms with Gasteiger partial charge in [0.1, 0.15) is 12.2 Å². The van der Waals surface area contributed by atoms with Gasteiger partial charge in [-0.2, -0.15) is 0 Å². The van der Waals surface area contributed by atoms with Crippen LogP contribution in [0.5, 0.6) is 11.5 Å². The number of benzene rings is 2. The number of hydrogen-bond donors (Lipinski definition) is 0. The van der Waals surface area contributed by atoms with E-state index in [9.17, 15) is 0 Å². The average molecular weight is 451 g/mol. The molecule has 2 aromatic carbocycles. The molecule has 0 saturated carbocycles. The maximum atomic E-state index is 6.18. The molecule has 0 bridgehead atoms. The summed E-state index contributed by atoms with van der Waals surface area (Å²) in [6, 6.07) is 12.0. The van der Waals surface area contributed by atoms with Gasteiger partial charge in [0.15, 0.2) is 11.5 Å². The first-order chi connectivity index (χ1) is 12.7. The first-order valence-electron chi connectivity index (χ1n) is 7.91. The highest BCUT2D eigenvalue weighted by atomic mass is 79.9. The quantitative estimate of drug-likeness (QED) is 0.394. The van der Waals surface area contributed by atoms with Crippen molar-refractivity contribution in [3.8, 4) is 11.5 Å². The van der Waals surface area contributed by atoms with E-state index in [2.05, 4.69) is 40.6 Å². The van der Waals surface area contributed by atoms with Gasteiger partial charge in [0.05, 0.1) is 17.8 Å². The van der Waals surface area contributed by atoms with Gasteiger partial charge in [0.25, 0.3) is 0 Å². The van der Waals surface area contributed by atoms with Crippen LogP contribution in [0.2, 0.25) is 0 Å². The summed E-state index contributed by atoms with van der Waals surface area (Å²) in [7, 11) is 1.66. The first-order valence-corrected chi connectivity index (χ1v) is 11.2. The third kappa shape index (κ3) is 4.24. The standard InChI is InChI=1S/C20H19BrO3S2/c1-22-17-6-4-5-14(11-18(25-2)26-3)20(17)24-12-13-9-15-7-8-23-19(15)16(21)10-13/h4-11H,12H2,1-3H3. The Morgan fingerprint density at radius 3 is 2.73 bits per heavy atom. The Hall–Kier alpha value is -1.50. The summed E-state index contributed by atoms with van der Waals surface area (Å²) < 4.78 is 19.3. The Kier molecular flexibility index (Phi) is 6.62. The number of methoxy groups -OCH3 is 1. The van der Waals surface area contributed by atoms with E-state index in [0.29, 0.717) is 6.61 Å². The van der Waals surface area contributed by atoms with Crippen LogP contribution in [0.25, 0.3) is 17.0 Å². The van der Waals surface area contributed by atoms with Gasteiger partial charge in [-0.3, -0.25) is 0 Å². The van der Waals surface area contributed by atoms with Gasteiger partial charge in [-0.25, -0.2) is 0 Å². The first kappa shape index (κ1) is 19.3. The predicted molar refractivity (Wildman–Crippen MR) is 116 cm³/mol. The van der Waals surface area contributed by atoms with E-state index < -0.39 is 0 Å². The molecule has 3 rings (SSSR count). The van der Waals surface area contributed by atoms with Gasteiger partial charge < -0.3 is 13.9 Å². The number of furan rings is 1. The lowest BCUT2D eigenvalue weighted by molar-refractivity contribution is 0.284. The molecule has 0 spiro atoms. The zero-order valence-electron chi connectivity index (χ0n) is 14.7. The Morgan fingerprint density at radius 1 is 1.19 bits per heavy atom. The maximum absolute atomic E-state index is 6.18. The summed E-state index contributed by atoms with van der Waals surface area (Å²) in [5, 5.41) is 1.05. The van der Waals surface area contributed by atoms with Crippen LogP contribution in [-0.2, 0) is 6.61 Å². The van der Waals surface area contributed by atoms with Crippen LogP contribution in [0.15, 0.2) is 55.8 Å². The minimum Gasteiger partial charge on any atom is -0.493 e. The summed E-state index contributed by atoms with van der Waals surface area (Å²) in [5.41, 5.74) is 2.91. The lowest BCUT2D eigenvalue weighted by Gasteiger charge is -2.14. The largest absolute Gasteiger partial charge is 0.493 e. The zero-order valence-corrected chi connectivity index (χ0v) is 18.0. The van der Waals surface area contributed by atoms with Crippen LogP contribution in [0.4, 0.5) is 0 Å². The summed E-state index contributed by atoms with van der Waals surface area (Å²) in [4.78, 5) is 0. The lowest BCUT2D eigenvalue weighted by atomic mass is 10.1. The molecule has 0 atom stereocenters. The molecule has 6 heteroatoms. The van der Waals surface area contributed by atoms with Crippen molar-refractivity contribution in [3.63, 3.8) is 0 Å². The SMILES string of the molecule is COc1cccc(C=C(SC)SC)c1OCc1cc(Br)c2occc2c1. The second-order valence-electron chi connectivity index (χ2n) is 5.46. The average Bonchev–Trinajstić information content (AvgIpc) is 3.13. The topological polar surface area (TPSA) is 31.6 Å².